The number of anilines is 1. The highest BCUT2D eigenvalue weighted by Gasteiger charge is 2.25. The number of rotatable bonds is 7. The second-order valence-electron chi connectivity index (χ2n) is 7.14. The minimum atomic E-state index is -3.89. The first-order valence-corrected chi connectivity index (χ1v) is 11.8. The number of nitrogens with zero attached hydrogens (tertiary/aromatic N) is 2. The molecular formula is C21H24N4O3S2. The standard InChI is InChI=1S/C21H24N4O3S2/c1-5-18(17-10-9-14(3)11-15(17)4)25-30(27,28)21-24-23-20(29-21)22-19(26)16-8-6-7-13(2)12-16/h6-12,18,25H,5H2,1-4H3,(H,22,23,26)/t18-/m1/s1. The fourth-order valence-electron chi connectivity index (χ4n) is 3.15. The van der Waals surface area contributed by atoms with Gasteiger partial charge in [-0.05, 0) is 50.5 Å². The highest BCUT2D eigenvalue weighted by Crippen LogP contribution is 2.26. The summed E-state index contributed by atoms with van der Waals surface area (Å²) in [7, 11) is -3.89. The molecule has 30 heavy (non-hydrogen) atoms. The molecule has 7 nitrogen and oxygen atoms in total. The predicted molar refractivity (Wildman–Crippen MR) is 118 cm³/mol. The number of nitrogens with one attached hydrogen (secondary N) is 2. The van der Waals surface area contributed by atoms with Crippen LogP contribution in [0, 0.1) is 20.8 Å². The third-order valence-corrected chi connectivity index (χ3v) is 7.32. The van der Waals surface area contributed by atoms with Gasteiger partial charge in [0.25, 0.3) is 15.9 Å². The van der Waals surface area contributed by atoms with Gasteiger partial charge in [-0.3, -0.25) is 10.1 Å². The van der Waals surface area contributed by atoms with Crippen LogP contribution in [0.25, 0.3) is 0 Å². The second-order valence-corrected chi connectivity index (χ2v) is 10.0. The lowest BCUT2D eigenvalue weighted by Crippen LogP contribution is -2.28. The maximum Gasteiger partial charge on any atom is 0.270 e. The van der Waals surface area contributed by atoms with Crippen LogP contribution in [0.4, 0.5) is 5.13 Å². The monoisotopic (exact) mass is 444 g/mol. The fraction of sp³-hybridized carbons (Fsp3) is 0.286. The van der Waals surface area contributed by atoms with E-state index in [1.807, 2.05) is 52.0 Å². The van der Waals surface area contributed by atoms with Crippen molar-refractivity contribution in [3.05, 3.63) is 70.3 Å². The van der Waals surface area contributed by atoms with Gasteiger partial charge in [0.1, 0.15) is 0 Å². The van der Waals surface area contributed by atoms with E-state index < -0.39 is 10.0 Å². The van der Waals surface area contributed by atoms with Gasteiger partial charge in [0.15, 0.2) is 0 Å². The van der Waals surface area contributed by atoms with Crippen molar-refractivity contribution in [2.75, 3.05) is 5.32 Å². The zero-order chi connectivity index (χ0) is 21.9. The summed E-state index contributed by atoms with van der Waals surface area (Å²) in [6, 6.07) is 12.6. The molecule has 0 saturated heterocycles. The number of amides is 1. The summed E-state index contributed by atoms with van der Waals surface area (Å²) < 4.78 is 28.2. The van der Waals surface area contributed by atoms with Gasteiger partial charge in [0.05, 0.1) is 0 Å². The van der Waals surface area contributed by atoms with Gasteiger partial charge in [-0.2, -0.15) is 0 Å². The Bertz CT molecular complexity index is 1170. The van der Waals surface area contributed by atoms with Crippen LogP contribution >= 0.6 is 11.3 Å². The molecule has 0 unspecified atom stereocenters. The lowest BCUT2D eigenvalue weighted by atomic mass is 9.98. The Morgan fingerprint density at radius 3 is 2.47 bits per heavy atom. The van der Waals surface area contributed by atoms with E-state index in [-0.39, 0.29) is 21.4 Å². The van der Waals surface area contributed by atoms with Crippen molar-refractivity contribution in [2.45, 2.75) is 44.5 Å². The number of carbonyl (C=O) groups excluding carboxylic acids is 1. The third-order valence-electron chi connectivity index (χ3n) is 4.64. The van der Waals surface area contributed by atoms with Crippen molar-refractivity contribution in [3.63, 3.8) is 0 Å². The van der Waals surface area contributed by atoms with Gasteiger partial charge in [-0.25, -0.2) is 13.1 Å². The van der Waals surface area contributed by atoms with E-state index in [9.17, 15) is 13.2 Å². The number of hydrogen-bond donors (Lipinski definition) is 2. The number of aryl methyl sites for hydroxylation is 3. The molecular weight excluding hydrogens is 420 g/mol. The van der Waals surface area contributed by atoms with Crippen molar-refractivity contribution in [3.8, 4) is 0 Å². The molecule has 1 heterocycles. The third kappa shape index (κ3) is 5.10. The van der Waals surface area contributed by atoms with Crippen molar-refractivity contribution < 1.29 is 13.2 Å². The quantitative estimate of drug-likeness (QED) is 0.533. The fourth-order valence-corrected chi connectivity index (χ4v) is 5.36. The minimum absolute atomic E-state index is 0.126. The Labute approximate surface area is 180 Å². The van der Waals surface area contributed by atoms with Crippen LogP contribution in [-0.4, -0.2) is 24.5 Å². The SMILES string of the molecule is CC[C@@H](NS(=O)(=O)c1nnc(NC(=O)c2cccc(C)c2)s1)c1ccc(C)cc1C. The Balaban J connectivity index is 1.76. The largest absolute Gasteiger partial charge is 0.296 e. The molecule has 3 rings (SSSR count). The van der Waals surface area contributed by atoms with E-state index in [0.29, 0.717) is 12.0 Å². The van der Waals surface area contributed by atoms with Crippen LogP contribution in [0.5, 0.6) is 0 Å². The van der Waals surface area contributed by atoms with Crippen molar-refractivity contribution in [1.29, 1.82) is 0 Å². The molecule has 0 radical (unpaired) electrons. The molecule has 158 valence electrons. The normalized spacial score (nSPS) is 12.5. The molecule has 0 saturated carbocycles. The summed E-state index contributed by atoms with van der Waals surface area (Å²) in [5.74, 6) is -0.367. The number of hydrogen-bond acceptors (Lipinski definition) is 6. The first-order chi connectivity index (χ1) is 14.2. The molecule has 0 spiro atoms. The molecule has 0 aliphatic carbocycles. The van der Waals surface area contributed by atoms with E-state index in [2.05, 4.69) is 20.2 Å². The first-order valence-electron chi connectivity index (χ1n) is 9.50. The topological polar surface area (TPSA) is 101 Å². The van der Waals surface area contributed by atoms with Crippen LogP contribution in [0.3, 0.4) is 0 Å². The van der Waals surface area contributed by atoms with Crippen LogP contribution in [0.1, 0.15) is 52.0 Å². The maximum absolute atomic E-state index is 12.9. The molecule has 9 heteroatoms. The van der Waals surface area contributed by atoms with Gasteiger partial charge in [0, 0.05) is 11.6 Å². The molecule has 0 bridgehead atoms. The Kier molecular flexibility index (Phi) is 6.64. The first kappa shape index (κ1) is 22.1. The summed E-state index contributed by atoms with van der Waals surface area (Å²) in [4.78, 5) is 12.4. The lowest BCUT2D eigenvalue weighted by molar-refractivity contribution is 0.102. The number of aromatic nitrogens is 2. The summed E-state index contributed by atoms with van der Waals surface area (Å²) in [6.45, 7) is 7.76. The summed E-state index contributed by atoms with van der Waals surface area (Å²) in [6.07, 6.45) is 0.582. The van der Waals surface area contributed by atoms with E-state index >= 15 is 0 Å². The van der Waals surface area contributed by atoms with E-state index in [0.717, 1.165) is 33.6 Å². The van der Waals surface area contributed by atoms with Gasteiger partial charge >= 0.3 is 0 Å². The minimum Gasteiger partial charge on any atom is -0.296 e. The van der Waals surface area contributed by atoms with Crippen molar-refractivity contribution in [1.82, 2.24) is 14.9 Å². The van der Waals surface area contributed by atoms with Crippen LogP contribution in [0.15, 0.2) is 46.8 Å². The molecule has 0 fully saturated rings. The average Bonchev–Trinajstić information content (AvgIpc) is 3.16. The Morgan fingerprint density at radius 2 is 1.80 bits per heavy atom. The van der Waals surface area contributed by atoms with Gasteiger partial charge in [0.2, 0.25) is 9.47 Å². The molecule has 1 amide bonds. The number of sulfonamides is 1. The van der Waals surface area contributed by atoms with E-state index in [4.69, 9.17) is 0 Å². The number of carbonyl (C=O) groups is 1. The zero-order valence-corrected chi connectivity index (χ0v) is 18.9. The molecule has 1 atom stereocenters. The molecule has 2 N–H and O–H groups in total. The zero-order valence-electron chi connectivity index (χ0n) is 17.3. The average molecular weight is 445 g/mol. The van der Waals surface area contributed by atoms with Gasteiger partial charge in [-0.1, -0.05) is 59.7 Å². The Morgan fingerprint density at radius 1 is 1.07 bits per heavy atom. The van der Waals surface area contributed by atoms with Crippen LogP contribution in [0.2, 0.25) is 0 Å². The second kappa shape index (κ2) is 9.03. The summed E-state index contributed by atoms with van der Waals surface area (Å²) in [5, 5.41) is 10.3. The van der Waals surface area contributed by atoms with Gasteiger partial charge < -0.3 is 0 Å². The van der Waals surface area contributed by atoms with E-state index in [1.165, 1.54) is 0 Å². The Hall–Kier alpha value is -2.62. The maximum atomic E-state index is 12.9. The van der Waals surface area contributed by atoms with Crippen molar-refractivity contribution >= 4 is 32.4 Å². The lowest BCUT2D eigenvalue weighted by Gasteiger charge is -2.19. The van der Waals surface area contributed by atoms with Crippen molar-refractivity contribution in [2.24, 2.45) is 0 Å². The molecule has 1 aromatic heterocycles. The van der Waals surface area contributed by atoms with Gasteiger partial charge in [-0.15, -0.1) is 10.2 Å². The highest BCUT2D eigenvalue weighted by molar-refractivity contribution is 7.91. The van der Waals surface area contributed by atoms with E-state index in [1.54, 1.807) is 18.2 Å². The predicted octanol–water partition coefficient (Wildman–Crippen LogP) is 4.15. The highest BCUT2D eigenvalue weighted by atomic mass is 32.2. The summed E-state index contributed by atoms with van der Waals surface area (Å²) >= 11 is 0.817. The van der Waals surface area contributed by atoms with Crippen LogP contribution in [-0.2, 0) is 10.0 Å². The number of benzene rings is 2. The molecule has 0 aliphatic rings. The molecule has 2 aromatic carbocycles. The molecule has 0 aliphatic heterocycles. The van der Waals surface area contributed by atoms with Crippen LogP contribution < -0.4 is 10.0 Å². The summed E-state index contributed by atoms with van der Waals surface area (Å²) in [5.41, 5.74) is 4.47. The molecule has 3 aromatic rings. The smallest absolute Gasteiger partial charge is 0.270 e.